The smallest absolute Gasteiger partial charge is 0.00991 e. The molecule has 0 unspecified atom stereocenters. The predicted molar refractivity (Wildman–Crippen MR) is 47.5 cm³/mol. The molecule has 53 valence electrons. The van der Waals surface area contributed by atoms with Crippen molar-refractivity contribution in [2.24, 2.45) is 0 Å². The van der Waals surface area contributed by atoms with Gasteiger partial charge in [0.05, 0.1) is 0 Å². The van der Waals surface area contributed by atoms with Crippen molar-refractivity contribution in [3.63, 3.8) is 0 Å². The maximum absolute atomic E-state index is 3.19. The topological polar surface area (TPSA) is 0 Å². The summed E-state index contributed by atoms with van der Waals surface area (Å²) < 4.78 is 0. The van der Waals surface area contributed by atoms with Gasteiger partial charge in [-0.1, -0.05) is 36.4 Å². The first-order chi connectivity index (χ1) is 5.38. The first-order valence-electron chi connectivity index (χ1n) is 3.74. The van der Waals surface area contributed by atoms with Crippen molar-refractivity contribution in [1.82, 2.24) is 0 Å². The summed E-state index contributed by atoms with van der Waals surface area (Å²) in [6.45, 7) is 2.12. The highest BCUT2D eigenvalue weighted by Gasteiger charge is 1.92. The minimum absolute atomic E-state index is 1.20. The van der Waals surface area contributed by atoms with Gasteiger partial charge in [-0.2, -0.15) is 0 Å². The summed E-state index contributed by atoms with van der Waals surface area (Å²) in [5, 5.41) is 2.50. The first kappa shape index (κ1) is 6.41. The molecule has 0 amide bonds. The number of benzene rings is 2. The van der Waals surface area contributed by atoms with Gasteiger partial charge in [0, 0.05) is 0 Å². The monoisotopic (exact) mass is 141 g/mol. The van der Waals surface area contributed by atoms with Crippen molar-refractivity contribution >= 4 is 10.8 Å². The number of hydrogen-bond donors (Lipinski definition) is 0. The Morgan fingerprint density at radius 1 is 1.09 bits per heavy atom. The van der Waals surface area contributed by atoms with E-state index in [9.17, 15) is 0 Å². The largest absolute Gasteiger partial charge is 0.0613 e. The first-order valence-corrected chi connectivity index (χ1v) is 3.74. The summed E-state index contributed by atoms with van der Waals surface area (Å²) in [6.07, 6.45) is 0. The Bertz CT molecular complexity index is 369. The lowest BCUT2D eigenvalue weighted by molar-refractivity contribution is 1.53. The van der Waals surface area contributed by atoms with Gasteiger partial charge >= 0.3 is 0 Å². The molecule has 0 aliphatic carbocycles. The molecular weight excluding hydrogens is 132 g/mol. The van der Waals surface area contributed by atoms with E-state index in [-0.39, 0.29) is 0 Å². The average Bonchev–Trinajstić information content (AvgIpc) is 2.06. The Balaban J connectivity index is 2.91. The lowest BCUT2D eigenvalue weighted by Gasteiger charge is -1.98. The van der Waals surface area contributed by atoms with E-state index in [1.165, 1.54) is 16.3 Å². The maximum Gasteiger partial charge on any atom is -0.00991 e. The molecule has 0 nitrogen and oxygen atoms in total. The number of aryl methyl sites for hydroxylation is 1. The molecule has 0 N–H and O–H groups in total. The van der Waals surface area contributed by atoms with Crippen molar-refractivity contribution < 1.29 is 0 Å². The summed E-state index contributed by atoms with van der Waals surface area (Å²) >= 11 is 0. The Morgan fingerprint density at radius 2 is 2.00 bits per heavy atom. The normalized spacial score (nSPS) is 10.3. The number of hydrogen-bond acceptors (Lipinski definition) is 0. The summed E-state index contributed by atoms with van der Waals surface area (Å²) in [5.41, 5.74) is 1.32. The fourth-order valence-electron chi connectivity index (χ4n) is 1.31. The van der Waals surface area contributed by atoms with Crippen LogP contribution in [0, 0.1) is 13.0 Å². The SMILES string of the molecule is Cc1cccc2[c]cccc12. The lowest BCUT2D eigenvalue weighted by atomic mass is 10.1. The third kappa shape index (κ3) is 1.01. The average molecular weight is 141 g/mol. The standard InChI is InChI=1S/C11H9/c1-9-5-4-7-10-6-2-3-8-11(9)10/h2-5,7-8H,1H3. The van der Waals surface area contributed by atoms with Gasteiger partial charge in [0.1, 0.15) is 0 Å². The summed E-state index contributed by atoms with van der Waals surface area (Å²) in [5.74, 6) is 0. The van der Waals surface area contributed by atoms with E-state index in [0.717, 1.165) is 0 Å². The molecule has 0 aromatic heterocycles. The van der Waals surface area contributed by atoms with Crippen LogP contribution >= 0.6 is 0 Å². The van der Waals surface area contributed by atoms with E-state index in [0.29, 0.717) is 0 Å². The molecule has 11 heavy (non-hydrogen) atoms. The quantitative estimate of drug-likeness (QED) is 0.529. The van der Waals surface area contributed by atoms with Crippen molar-refractivity contribution in [2.45, 2.75) is 6.92 Å². The van der Waals surface area contributed by atoms with Crippen molar-refractivity contribution in [3.8, 4) is 0 Å². The van der Waals surface area contributed by atoms with Gasteiger partial charge < -0.3 is 0 Å². The van der Waals surface area contributed by atoms with Crippen LogP contribution in [0.2, 0.25) is 0 Å². The molecule has 0 heteroatoms. The Kier molecular flexibility index (Phi) is 1.39. The molecule has 2 aromatic rings. The van der Waals surface area contributed by atoms with Crippen LogP contribution in [0.1, 0.15) is 5.56 Å². The molecule has 1 radical (unpaired) electrons. The highest BCUT2D eigenvalue weighted by atomic mass is 14.0. The summed E-state index contributed by atoms with van der Waals surface area (Å²) in [7, 11) is 0. The van der Waals surface area contributed by atoms with Gasteiger partial charge in [0.15, 0.2) is 0 Å². The Morgan fingerprint density at radius 3 is 2.82 bits per heavy atom. The summed E-state index contributed by atoms with van der Waals surface area (Å²) in [4.78, 5) is 0. The molecule has 0 saturated heterocycles. The van der Waals surface area contributed by atoms with Crippen LogP contribution < -0.4 is 0 Å². The van der Waals surface area contributed by atoms with Crippen LogP contribution in [0.3, 0.4) is 0 Å². The molecule has 2 rings (SSSR count). The van der Waals surface area contributed by atoms with Crippen molar-refractivity contribution in [2.75, 3.05) is 0 Å². The zero-order valence-electron chi connectivity index (χ0n) is 6.46. The van der Waals surface area contributed by atoms with E-state index < -0.39 is 0 Å². The summed E-state index contributed by atoms with van der Waals surface area (Å²) in [6, 6.07) is 15.6. The van der Waals surface area contributed by atoms with E-state index in [1.54, 1.807) is 0 Å². The minimum Gasteiger partial charge on any atom is -0.0613 e. The highest BCUT2D eigenvalue weighted by molar-refractivity contribution is 5.84. The van der Waals surface area contributed by atoms with Crippen molar-refractivity contribution in [3.05, 3.63) is 48.0 Å². The van der Waals surface area contributed by atoms with Crippen LogP contribution in [0.25, 0.3) is 10.8 Å². The molecule has 0 atom stereocenters. The van der Waals surface area contributed by atoms with E-state index in [4.69, 9.17) is 0 Å². The van der Waals surface area contributed by atoms with Gasteiger partial charge in [-0.15, -0.1) is 0 Å². The molecule has 0 saturated carbocycles. The molecular formula is C11H9. The third-order valence-corrected chi connectivity index (χ3v) is 1.92. The fraction of sp³-hybridized carbons (Fsp3) is 0.0909. The minimum atomic E-state index is 1.20. The lowest BCUT2D eigenvalue weighted by Crippen LogP contribution is -1.75. The van der Waals surface area contributed by atoms with Crippen LogP contribution in [0.5, 0.6) is 0 Å². The second-order valence-electron chi connectivity index (χ2n) is 2.71. The molecule has 0 aliphatic heterocycles. The third-order valence-electron chi connectivity index (χ3n) is 1.92. The molecule has 0 spiro atoms. The maximum atomic E-state index is 3.19. The van der Waals surface area contributed by atoms with Gasteiger partial charge in [-0.3, -0.25) is 0 Å². The van der Waals surface area contributed by atoms with Crippen molar-refractivity contribution in [1.29, 1.82) is 0 Å². The zero-order valence-corrected chi connectivity index (χ0v) is 6.46. The van der Waals surface area contributed by atoms with Crippen LogP contribution in [0.4, 0.5) is 0 Å². The molecule has 0 bridgehead atoms. The highest BCUT2D eigenvalue weighted by Crippen LogP contribution is 2.16. The van der Waals surface area contributed by atoms with Crippen LogP contribution in [-0.2, 0) is 0 Å². The number of fused-ring (bicyclic) bond motifs is 1. The number of rotatable bonds is 0. The van der Waals surface area contributed by atoms with Gasteiger partial charge in [-0.25, -0.2) is 0 Å². The molecule has 0 aliphatic rings. The van der Waals surface area contributed by atoms with Crippen LogP contribution in [-0.4, -0.2) is 0 Å². The zero-order chi connectivity index (χ0) is 7.68. The molecule has 2 aromatic carbocycles. The fourth-order valence-corrected chi connectivity index (χ4v) is 1.31. The second kappa shape index (κ2) is 2.39. The van der Waals surface area contributed by atoms with E-state index in [2.05, 4.69) is 37.3 Å². The second-order valence-corrected chi connectivity index (χ2v) is 2.71. The molecule has 0 fully saturated rings. The predicted octanol–water partition coefficient (Wildman–Crippen LogP) is 2.95. The van der Waals surface area contributed by atoms with Crippen LogP contribution in [0.15, 0.2) is 36.4 Å². The van der Waals surface area contributed by atoms with Gasteiger partial charge in [0.2, 0.25) is 0 Å². The Hall–Kier alpha value is -1.30. The molecule has 0 heterocycles. The van der Waals surface area contributed by atoms with E-state index in [1.807, 2.05) is 12.1 Å². The van der Waals surface area contributed by atoms with Gasteiger partial charge in [-0.05, 0) is 29.3 Å². The van der Waals surface area contributed by atoms with Gasteiger partial charge in [0.25, 0.3) is 0 Å². The van der Waals surface area contributed by atoms with E-state index >= 15 is 0 Å². The Labute approximate surface area is 66.5 Å².